The maximum atomic E-state index is 12.4. The van der Waals surface area contributed by atoms with Crippen LogP contribution in [0.25, 0.3) is 10.9 Å². The summed E-state index contributed by atoms with van der Waals surface area (Å²) in [6, 6.07) is 6.81. The Labute approximate surface area is 201 Å². The zero-order valence-electron chi connectivity index (χ0n) is 22.2. The zero-order chi connectivity index (χ0) is 24.6. The first-order chi connectivity index (χ1) is 15.2. The van der Waals surface area contributed by atoms with Crippen molar-refractivity contribution in [1.82, 2.24) is 9.88 Å². The van der Waals surface area contributed by atoms with Crippen LogP contribution in [-0.4, -0.2) is 49.6 Å². The lowest BCUT2D eigenvalue weighted by Crippen LogP contribution is -2.41. The van der Waals surface area contributed by atoms with Gasteiger partial charge < -0.3 is 19.0 Å². The van der Waals surface area contributed by atoms with E-state index in [2.05, 4.69) is 70.2 Å². The van der Waals surface area contributed by atoms with Crippen molar-refractivity contribution in [1.29, 1.82) is 0 Å². The van der Waals surface area contributed by atoms with Crippen LogP contribution in [0.4, 0.5) is 4.79 Å². The van der Waals surface area contributed by atoms with E-state index in [-0.39, 0.29) is 11.1 Å². The van der Waals surface area contributed by atoms with Crippen LogP contribution in [0.5, 0.6) is 0 Å². The van der Waals surface area contributed by atoms with Gasteiger partial charge in [-0.25, -0.2) is 4.79 Å². The minimum Gasteiger partial charge on any atom is -0.444 e. The Morgan fingerprint density at radius 2 is 1.79 bits per heavy atom. The molecule has 1 aliphatic rings. The fourth-order valence-corrected chi connectivity index (χ4v) is 5.28. The molecule has 1 aromatic carbocycles. The van der Waals surface area contributed by atoms with Crippen molar-refractivity contribution in [3.63, 3.8) is 0 Å². The first-order valence-corrected chi connectivity index (χ1v) is 15.3. The molecule has 1 aliphatic heterocycles. The Morgan fingerprint density at radius 1 is 1.15 bits per heavy atom. The molecule has 3 rings (SSSR count). The van der Waals surface area contributed by atoms with E-state index in [0.717, 1.165) is 32.5 Å². The second kappa shape index (κ2) is 9.45. The number of carbonyl (C=O) groups is 1. The highest BCUT2D eigenvalue weighted by Crippen LogP contribution is 2.38. The molecule has 6 heteroatoms. The van der Waals surface area contributed by atoms with Gasteiger partial charge in [0.25, 0.3) is 0 Å². The number of fused-ring (bicyclic) bond motifs is 1. The van der Waals surface area contributed by atoms with Crippen molar-refractivity contribution in [2.45, 2.75) is 96.9 Å². The summed E-state index contributed by atoms with van der Waals surface area (Å²) in [6.45, 7) is 21.8. The minimum absolute atomic E-state index is 0.195. The molecule has 0 spiro atoms. The van der Waals surface area contributed by atoms with E-state index >= 15 is 0 Å². The number of hydrogen-bond donors (Lipinski definition) is 1. The molecule has 33 heavy (non-hydrogen) atoms. The number of nitrogens with zero attached hydrogens (tertiary/aromatic N) is 1. The lowest BCUT2D eigenvalue weighted by molar-refractivity contribution is 0.0205. The third-order valence-electron chi connectivity index (χ3n) is 7.39. The van der Waals surface area contributed by atoms with Crippen LogP contribution in [0.1, 0.15) is 84.3 Å². The molecule has 0 bridgehead atoms. The summed E-state index contributed by atoms with van der Waals surface area (Å²) >= 11 is 0. The van der Waals surface area contributed by atoms with E-state index in [1.54, 1.807) is 0 Å². The summed E-state index contributed by atoms with van der Waals surface area (Å²) in [5.74, 6) is 0.798. The minimum atomic E-state index is -1.77. The topological polar surface area (TPSA) is 54.6 Å². The Bertz CT molecular complexity index is 960. The molecular weight excluding hydrogens is 428 g/mol. The van der Waals surface area contributed by atoms with Crippen molar-refractivity contribution < 1.29 is 14.0 Å². The molecule has 184 valence electrons. The lowest BCUT2D eigenvalue weighted by atomic mass is 9.88. The summed E-state index contributed by atoms with van der Waals surface area (Å²) in [4.78, 5) is 17.7. The molecule has 2 heterocycles. The second-order valence-corrected chi connectivity index (χ2v) is 17.1. The third kappa shape index (κ3) is 6.21. The Morgan fingerprint density at radius 3 is 2.36 bits per heavy atom. The number of aromatic nitrogens is 1. The van der Waals surface area contributed by atoms with Gasteiger partial charge in [-0.1, -0.05) is 33.8 Å². The van der Waals surface area contributed by atoms with Gasteiger partial charge in [0.15, 0.2) is 8.32 Å². The number of hydrogen-bond acceptors (Lipinski definition) is 3. The van der Waals surface area contributed by atoms with E-state index in [4.69, 9.17) is 9.16 Å². The lowest BCUT2D eigenvalue weighted by Gasteiger charge is -2.37. The molecule has 1 unspecified atom stereocenters. The van der Waals surface area contributed by atoms with Gasteiger partial charge in [-0.05, 0) is 80.9 Å². The van der Waals surface area contributed by atoms with Gasteiger partial charge >= 0.3 is 6.09 Å². The first kappa shape index (κ1) is 25.8. The Balaban J connectivity index is 1.68. The quantitative estimate of drug-likeness (QED) is 0.461. The molecular formula is C27H44N2O3Si. The highest BCUT2D eigenvalue weighted by molar-refractivity contribution is 6.74. The van der Waals surface area contributed by atoms with Crippen LogP contribution in [0.15, 0.2) is 24.4 Å². The van der Waals surface area contributed by atoms with Crippen LogP contribution >= 0.6 is 0 Å². The van der Waals surface area contributed by atoms with Gasteiger partial charge in [-0.2, -0.15) is 0 Å². The average molecular weight is 473 g/mol. The predicted molar refractivity (Wildman–Crippen MR) is 140 cm³/mol. The number of piperidine rings is 1. The Kier molecular flexibility index (Phi) is 7.40. The number of H-pyrrole nitrogens is 1. The summed E-state index contributed by atoms with van der Waals surface area (Å²) in [5.41, 5.74) is 3.43. The normalized spacial score (nSPS) is 17.4. The van der Waals surface area contributed by atoms with Crippen LogP contribution in [0, 0.1) is 0 Å². The van der Waals surface area contributed by atoms with Crippen molar-refractivity contribution >= 4 is 25.3 Å². The summed E-state index contributed by atoms with van der Waals surface area (Å²) in [7, 11) is -1.77. The largest absolute Gasteiger partial charge is 0.444 e. The summed E-state index contributed by atoms with van der Waals surface area (Å²) in [6.07, 6.45) is 3.89. The molecule has 0 aliphatic carbocycles. The van der Waals surface area contributed by atoms with Gasteiger partial charge in [-0.3, -0.25) is 0 Å². The number of benzene rings is 1. The molecule has 1 amide bonds. The number of amides is 1. The molecule has 1 atom stereocenters. The van der Waals surface area contributed by atoms with Crippen LogP contribution in [0.2, 0.25) is 18.1 Å². The van der Waals surface area contributed by atoms with Crippen molar-refractivity contribution in [3.05, 3.63) is 35.5 Å². The molecule has 1 aromatic heterocycles. The summed E-state index contributed by atoms with van der Waals surface area (Å²) in [5, 5.41) is 1.52. The number of ether oxygens (including phenoxy) is 1. The maximum Gasteiger partial charge on any atom is 0.410 e. The van der Waals surface area contributed by atoms with Gasteiger partial charge in [0.2, 0.25) is 0 Å². The third-order valence-corrected chi connectivity index (χ3v) is 11.9. The molecule has 1 saturated heterocycles. The van der Waals surface area contributed by atoms with E-state index in [1.807, 2.05) is 25.7 Å². The van der Waals surface area contributed by atoms with Crippen molar-refractivity contribution in [2.24, 2.45) is 0 Å². The predicted octanol–water partition coefficient (Wildman–Crippen LogP) is 7.41. The number of nitrogens with one attached hydrogen (secondary N) is 1. The second-order valence-electron chi connectivity index (χ2n) is 12.3. The van der Waals surface area contributed by atoms with Gasteiger partial charge in [0, 0.05) is 42.7 Å². The fourth-order valence-electron chi connectivity index (χ4n) is 4.18. The van der Waals surface area contributed by atoms with Crippen molar-refractivity contribution in [3.8, 4) is 0 Å². The highest BCUT2D eigenvalue weighted by atomic mass is 28.4. The smallest absolute Gasteiger partial charge is 0.410 e. The first-order valence-electron chi connectivity index (χ1n) is 12.4. The number of aromatic amines is 1. The highest BCUT2D eigenvalue weighted by Gasteiger charge is 2.37. The summed E-state index contributed by atoms with van der Waals surface area (Å²) < 4.78 is 12.1. The van der Waals surface area contributed by atoms with E-state index in [9.17, 15) is 4.79 Å². The fraction of sp³-hybridized carbons (Fsp3) is 0.667. The number of likely N-dealkylation sites (tertiary alicyclic amines) is 1. The molecule has 2 aromatic rings. The maximum absolute atomic E-state index is 12.4. The standard InChI is InChI=1S/C27H44N2O3Si/c1-19(18-31-33(8,9)27(5,6)7)23-17-28-24-11-10-21(16-22(23)24)20-12-14-29(15-13-20)25(30)32-26(2,3)4/h10-11,16-17,19-20,28H,12-15,18H2,1-9H3. The number of rotatable bonds is 5. The SMILES string of the molecule is CC(CO[Si](C)(C)C(C)(C)C)c1c[nH]c2ccc(C3CCN(C(=O)OC(C)(C)C)CC3)cc12. The molecule has 0 radical (unpaired) electrons. The Hall–Kier alpha value is -1.79. The van der Waals surface area contributed by atoms with E-state index < -0.39 is 13.9 Å². The monoisotopic (exact) mass is 472 g/mol. The van der Waals surface area contributed by atoms with Gasteiger partial charge in [-0.15, -0.1) is 0 Å². The molecule has 5 nitrogen and oxygen atoms in total. The van der Waals surface area contributed by atoms with Crippen LogP contribution < -0.4 is 0 Å². The van der Waals surface area contributed by atoms with E-state index in [0.29, 0.717) is 11.8 Å². The zero-order valence-corrected chi connectivity index (χ0v) is 23.2. The average Bonchev–Trinajstić information content (AvgIpc) is 3.13. The van der Waals surface area contributed by atoms with E-state index in [1.165, 1.54) is 22.0 Å². The van der Waals surface area contributed by atoms with Crippen LogP contribution in [-0.2, 0) is 9.16 Å². The van der Waals surface area contributed by atoms with Gasteiger partial charge in [0.1, 0.15) is 5.60 Å². The molecule has 1 fully saturated rings. The van der Waals surface area contributed by atoms with Gasteiger partial charge in [0.05, 0.1) is 0 Å². The van der Waals surface area contributed by atoms with Crippen molar-refractivity contribution in [2.75, 3.05) is 19.7 Å². The molecule has 1 N–H and O–H groups in total. The molecule has 0 saturated carbocycles. The number of carbonyl (C=O) groups excluding carboxylic acids is 1. The van der Waals surface area contributed by atoms with Crippen LogP contribution in [0.3, 0.4) is 0 Å².